The Morgan fingerprint density at radius 1 is 1.15 bits per heavy atom. The second kappa shape index (κ2) is 6.73. The molecular weight excluding hydrogens is 364 g/mol. The Morgan fingerprint density at radius 3 is 2.56 bits per heavy atom. The van der Waals surface area contributed by atoms with Crippen molar-refractivity contribution in [1.82, 2.24) is 4.90 Å². The SMILES string of the molecule is CN(C)C(=O)OC[N+]1(C)CC2c3ccccc3Oc3ccc(Cl)cc3C2C1. The summed E-state index contributed by atoms with van der Waals surface area (Å²) in [5.74, 6) is 2.29. The molecule has 4 rings (SSSR count). The van der Waals surface area contributed by atoms with E-state index in [-0.39, 0.29) is 17.9 Å². The van der Waals surface area contributed by atoms with E-state index < -0.39 is 0 Å². The molecule has 0 bridgehead atoms. The number of benzene rings is 2. The first-order valence-electron chi connectivity index (χ1n) is 9.10. The quantitative estimate of drug-likeness (QED) is 0.715. The Balaban J connectivity index is 1.71. The number of amides is 1. The number of likely N-dealkylation sites (N-methyl/N-ethyl adjacent to an activating group) is 1. The van der Waals surface area contributed by atoms with Gasteiger partial charge in [0.25, 0.3) is 0 Å². The van der Waals surface area contributed by atoms with Crippen LogP contribution < -0.4 is 4.74 Å². The van der Waals surface area contributed by atoms with Crippen LogP contribution >= 0.6 is 11.6 Å². The molecule has 142 valence electrons. The lowest BCUT2D eigenvalue weighted by molar-refractivity contribution is -0.915. The molecule has 0 spiro atoms. The Labute approximate surface area is 164 Å². The third-order valence-corrected chi connectivity index (χ3v) is 5.77. The molecule has 3 unspecified atom stereocenters. The molecule has 0 radical (unpaired) electrons. The minimum atomic E-state index is -0.311. The number of para-hydroxylation sites is 1. The van der Waals surface area contributed by atoms with Crippen LogP contribution in [0.2, 0.25) is 5.02 Å². The maximum Gasteiger partial charge on any atom is 0.413 e. The Hall–Kier alpha value is -2.24. The van der Waals surface area contributed by atoms with Gasteiger partial charge in [0, 0.05) is 42.1 Å². The summed E-state index contributed by atoms with van der Waals surface area (Å²) >= 11 is 6.30. The molecule has 3 atom stereocenters. The third kappa shape index (κ3) is 3.37. The number of carbonyl (C=O) groups is 1. The predicted octanol–water partition coefficient (Wildman–Crippen LogP) is 4.43. The zero-order chi connectivity index (χ0) is 19.2. The molecular formula is C21H24ClN2O3+. The smallest absolute Gasteiger partial charge is 0.413 e. The molecule has 1 fully saturated rings. The number of rotatable bonds is 2. The highest BCUT2D eigenvalue weighted by molar-refractivity contribution is 6.30. The zero-order valence-corrected chi connectivity index (χ0v) is 16.6. The van der Waals surface area contributed by atoms with E-state index in [0.717, 1.165) is 30.2 Å². The van der Waals surface area contributed by atoms with Gasteiger partial charge in [0.15, 0.2) is 0 Å². The maximum absolute atomic E-state index is 11.9. The van der Waals surface area contributed by atoms with Crippen LogP contribution in [0.1, 0.15) is 23.0 Å². The van der Waals surface area contributed by atoms with Gasteiger partial charge in [0.1, 0.15) is 11.5 Å². The van der Waals surface area contributed by atoms with E-state index in [9.17, 15) is 4.79 Å². The lowest BCUT2D eigenvalue weighted by Crippen LogP contribution is -2.45. The van der Waals surface area contributed by atoms with Gasteiger partial charge < -0.3 is 14.4 Å². The summed E-state index contributed by atoms with van der Waals surface area (Å²) in [6.07, 6.45) is -0.311. The standard InChI is InChI=1S/C21H24ClN2O3/c1-23(2)21(25)26-13-24(3)11-17-15-6-4-5-7-19(15)27-20-9-8-14(22)10-16(20)18(17)12-24/h4-10,17-18H,11-13H2,1-3H3/q+1. The number of likely N-dealkylation sites (tertiary alicyclic amines) is 1. The van der Waals surface area contributed by atoms with E-state index in [1.807, 2.05) is 30.3 Å². The first-order valence-corrected chi connectivity index (χ1v) is 9.48. The Morgan fingerprint density at radius 2 is 1.81 bits per heavy atom. The van der Waals surface area contributed by atoms with Crippen LogP contribution in [-0.4, -0.2) is 56.4 Å². The molecule has 2 aromatic rings. The van der Waals surface area contributed by atoms with Crippen LogP contribution in [0, 0.1) is 0 Å². The highest BCUT2D eigenvalue weighted by Crippen LogP contribution is 2.51. The summed E-state index contributed by atoms with van der Waals surface area (Å²) in [6, 6.07) is 14.0. The van der Waals surface area contributed by atoms with Gasteiger partial charge in [-0.05, 0) is 24.3 Å². The van der Waals surface area contributed by atoms with E-state index in [1.165, 1.54) is 10.5 Å². The van der Waals surface area contributed by atoms with Gasteiger partial charge in [-0.25, -0.2) is 4.79 Å². The fourth-order valence-electron chi connectivity index (χ4n) is 4.25. The molecule has 5 nitrogen and oxygen atoms in total. The van der Waals surface area contributed by atoms with Crippen molar-refractivity contribution in [3.63, 3.8) is 0 Å². The Bertz CT molecular complexity index is 885. The van der Waals surface area contributed by atoms with Gasteiger partial charge >= 0.3 is 6.09 Å². The van der Waals surface area contributed by atoms with Crippen molar-refractivity contribution < 1.29 is 18.8 Å². The summed E-state index contributed by atoms with van der Waals surface area (Å²) in [6.45, 7) is 2.08. The van der Waals surface area contributed by atoms with E-state index >= 15 is 0 Å². The molecule has 0 aliphatic carbocycles. The van der Waals surface area contributed by atoms with Gasteiger partial charge in [-0.15, -0.1) is 0 Å². The van der Waals surface area contributed by atoms with Crippen molar-refractivity contribution in [1.29, 1.82) is 0 Å². The third-order valence-electron chi connectivity index (χ3n) is 5.54. The highest BCUT2D eigenvalue weighted by atomic mass is 35.5. The van der Waals surface area contributed by atoms with E-state index in [1.54, 1.807) is 14.1 Å². The van der Waals surface area contributed by atoms with Crippen molar-refractivity contribution in [2.75, 3.05) is 41.0 Å². The van der Waals surface area contributed by atoms with Crippen molar-refractivity contribution in [3.8, 4) is 11.5 Å². The average Bonchev–Trinajstić information content (AvgIpc) is 2.94. The number of quaternary nitrogens is 1. The summed E-state index contributed by atoms with van der Waals surface area (Å²) in [5.41, 5.74) is 2.33. The number of ether oxygens (including phenoxy) is 2. The minimum absolute atomic E-state index is 0.255. The first kappa shape index (κ1) is 18.1. The van der Waals surface area contributed by atoms with E-state index in [0.29, 0.717) is 16.2 Å². The van der Waals surface area contributed by atoms with Crippen molar-refractivity contribution in [2.45, 2.75) is 11.8 Å². The molecule has 0 saturated carbocycles. The van der Waals surface area contributed by atoms with Crippen LogP contribution in [0.4, 0.5) is 4.79 Å². The molecule has 1 amide bonds. The summed E-state index contributed by atoms with van der Waals surface area (Å²) in [4.78, 5) is 13.4. The van der Waals surface area contributed by atoms with Gasteiger partial charge in [-0.2, -0.15) is 0 Å². The zero-order valence-electron chi connectivity index (χ0n) is 15.8. The molecule has 2 aromatic carbocycles. The fourth-order valence-corrected chi connectivity index (χ4v) is 4.44. The number of nitrogens with zero attached hydrogens (tertiary/aromatic N) is 2. The molecule has 27 heavy (non-hydrogen) atoms. The first-order chi connectivity index (χ1) is 12.9. The predicted molar refractivity (Wildman–Crippen MR) is 104 cm³/mol. The lowest BCUT2D eigenvalue weighted by atomic mass is 9.84. The van der Waals surface area contributed by atoms with Gasteiger partial charge in [0.05, 0.1) is 20.1 Å². The van der Waals surface area contributed by atoms with E-state index in [2.05, 4.69) is 19.2 Å². The summed E-state index contributed by atoms with van der Waals surface area (Å²) in [7, 11) is 5.54. The average molecular weight is 388 g/mol. The normalized spacial score (nSPS) is 25.5. The monoisotopic (exact) mass is 387 g/mol. The summed E-state index contributed by atoms with van der Waals surface area (Å²) < 4.78 is 12.4. The molecule has 0 N–H and O–H groups in total. The molecule has 1 saturated heterocycles. The number of halogens is 1. The van der Waals surface area contributed by atoms with Gasteiger partial charge in [0.2, 0.25) is 6.73 Å². The fraction of sp³-hybridized carbons (Fsp3) is 0.381. The number of hydrogen-bond donors (Lipinski definition) is 0. The molecule has 2 heterocycles. The number of carbonyl (C=O) groups excluding carboxylic acids is 1. The van der Waals surface area contributed by atoms with E-state index in [4.69, 9.17) is 21.1 Å². The largest absolute Gasteiger partial charge is 0.457 e. The van der Waals surface area contributed by atoms with Crippen molar-refractivity contribution in [3.05, 3.63) is 58.6 Å². The molecule has 2 aliphatic heterocycles. The highest BCUT2D eigenvalue weighted by Gasteiger charge is 2.48. The van der Waals surface area contributed by atoms with Crippen LogP contribution in [-0.2, 0) is 4.74 Å². The van der Waals surface area contributed by atoms with Crippen LogP contribution in [0.3, 0.4) is 0 Å². The van der Waals surface area contributed by atoms with Gasteiger partial charge in [-0.1, -0.05) is 29.8 Å². The van der Waals surface area contributed by atoms with Crippen LogP contribution in [0.25, 0.3) is 0 Å². The maximum atomic E-state index is 11.9. The second-order valence-electron chi connectivity index (χ2n) is 7.95. The molecule has 2 aliphatic rings. The topological polar surface area (TPSA) is 38.8 Å². The second-order valence-corrected chi connectivity index (χ2v) is 8.39. The van der Waals surface area contributed by atoms with Crippen LogP contribution in [0.5, 0.6) is 11.5 Å². The minimum Gasteiger partial charge on any atom is -0.457 e. The van der Waals surface area contributed by atoms with Crippen molar-refractivity contribution in [2.24, 2.45) is 0 Å². The number of hydrogen-bond acceptors (Lipinski definition) is 3. The Kier molecular flexibility index (Phi) is 4.52. The molecule has 0 aromatic heterocycles. The molecule has 6 heteroatoms. The van der Waals surface area contributed by atoms with Gasteiger partial charge in [-0.3, -0.25) is 4.48 Å². The summed E-state index contributed by atoms with van der Waals surface area (Å²) in [5, 5.41) is 0.710. The lowest BCUT2D eigenvalue weighted by Gasteiger charge is -2.30. The van der Waals surface area contributed by atoms with Crippen molar-refractivity contribution >= 4 is 17.7 Å². The number of fused-ring (bicyclic) bond motifs is 5. The van der Waals surface area contributed by atoms with Crippen LogP contribution in [0.15, 0.2) is 42.5 Å².